The van der Waals surface area contributed by atoms with Crippen molar-refractivity contribution in [2.45, 2.75) is 115 Å². The molecule has 0 saturated heterocycles. The fourth-order valence-corrected chi connectivity index (χ4v) is 3.88. The number of nitrogens with one attached hydrogen (secondary N) is 3. The molecule has 0 saturated carbocycles. The minimum atomic E-state index is -1.36. The molecule has 0 aromatic carbocycles. The van der Waals surface area contributed by atoms with E-state index in [0.717, 1.165) is 19.3 Å². The van der Waals surface area contributed by atoms with Gasteiger partial charge in [-0.15, -0.1) is 0 Å². The normalized spacial score (nSPS) is 24.7. The van der Waals surface area contributed by atoms with Crippen LogP contribution in [0.15, 0.2) is 29.3 Å². The molecule has 0 bridgehead atoms. The number of aliphatic imine (C=N–C) groups is 1. The number of unbranched alkanes of at least 4 members (excludes halogenated alkanes) is 3. The molecule has 1 rings (SSSR count). The van der Waals surface area contributed by atoms with Crippen molar-refractivity contribution in [1.82, 2.24) is 16.0 Å². The molecule has 0 fully saturated rings. The highest BCUT2D eigenvalue weighted by Gasteiger charge is 2.32. The minimum absolute atomic E-state index is 0.0517. The Kier molecular flexibility index (Phi) is 16.1. The Bertz CT molecular complexity index is 885. The Morgan fingerprint density at radius 3 is 2.54 bits per heavy atom. The highest BCUT2D eigenvalue weighted by atomic mass is 16.3. The molecule has 0 aromatic rings. The summed E-state index contributed by atoms with van der Waals surface area (Å²) in [5, 5.41) is 38.0. The van der Waals surface area contributed by atoms with Gasteiger partial charge in [-0.1, -0.05) is 51.3 Å². The van der Waals surface area contributed by atoms with Gasteiger partial charge in [0.15, 0.2) is 0 Å². The van der Waals surface area contributed by atoms with Gasteiger partial charge in [-0.05, 0) is 32.6 Å². The van der Waals surface area contributed by atoms with E-state index in [-0.39, 0.29) is 19.3 Å². The first-order valence-electron chi connectivity index (χ1n) is 13.7. The lowest BCUT2D eigenvalue weighted by Gasteiger charge is -2.27. The summed E-state index contributed by atoms with van der Waals surface area (Å²) in [4.78, 5) is 53.6. The second-order valence-corrected chi connectivity index (χ2v) is 10.5. The number of amides is 4. The van der Waals surface area contributed by atoms with Crippen LogP contribution in [0.2, 0.25) is 0 Å². The van der Waals surface area contributed by atoms with Gasteiger partial charge < -0.3 is 31.3 Å². The predicted molar refractivity (Wildman–Crippen MR) is 149 cm³/mol. The van der Waals surface area contributed by atoms with Gasteiger partial charge in [-0.2, -0.15) is 0 Å². The molecule has 0 aromatic heterocycles. The number of rotatable bonds is 12. The van der Waals surface area contributed by atoms with Gasteiger partial charge in [-0.25, -0.2) is 4.99 Å². The van der Waals surface area contributed by atoms with E-state index >= 15 is 0 Å². The molecule has 1 heterocycles. The second kappa shape index (κ2) is 18.4. The summed E-state index contributed by atoms with van der Waals surface area (Å²) in [5.74, 6) is -1.99. The molecule has 1 aliphatic heterocycles. The van der Waals surface area contributed by atoms with Gasteiger partial charge in [0.2, 0.25) is 23.6 Å². The number of nitrogens with zero attached hydrogens (tertiary/aromatic N) is 1. The van der Waals surface area contributed by atoms with Crippen LogP contribution < -0.4 is 16.0 Å². The Morgan fingerprint density at radius 2 is 1.87 bits per heavy atom. The molecule has 39 heavy (non-hydrogen) atoms. The van der Waals surface area contributed by atoms with Crippen molar-refractivity contribution in [3.63, 3.8) is 0 Å². The summed E-state index contributed by atoms with van der Waals surface area (Å²) in [6.07, 6.45) is 9.08. The van der Waals surface area contributed by atoms with E-state index in [2.05, 4.69) is 34.8 Å². The standard InChI is InChI=1S/C28H46N4O7/c1-18(2)12-10-8-6-5-7-9-11-13-24(36)32-26(20(4)33)28(39)31-22-16-21(34)14-15-29-25(37)17-23(35)19(3)30-27(22)38/h7,9,11,13,15,18-23,26,33-35H,5-6,8,10,12,14,16-17H2,1-4H3,(H,30,38)(H,31,39)(H,32,36)/b9-7+,13-11+,29-15?/t19-,20+,21-,22-,23+,26-/m0/s1. The molecule has 6 N–H and O–H groups in total. The summed E-state index contributed by atoms with van der Waals surface area (Å²) in [6.45, 7) is 7.24. The second-order valence-electron chi connectivity index (χ2n) is 10.5. The number of allylic oxidation sites excluding steroid dienone is 3. The third-order valence-electron chi connectivity index (χ3n) is 6.29. The molecule has 1 aliphatic rings. The molecule has 220 valence electrons. The molecule has 4 amide bonds. The summed E-state index contributed by atoms with van der Waals surface area (Å²) < 4.78 is 0. The third kappa shape index (κ3) is 14.7. The lowest BCUT2D eigenvalue weighted by molar-refractivity contribution is -0.134. The average Bonchev–Trinajstić information content (AvgIpc) is 2.84. The predicted octanol–water partition coefficient (Wildman–Crippen LogP) is 1.06. The number of hydrogen-bond acceptors (Lipinski definition) is 7. The lowest BCUT2D eigenvalue weighted by Crippen LogP contribution is -2.58. The molecule has 6 atom stereocenters. The fraction of sp³-hybridized carbons (Fsp3) is 0.679. The Labute approximate surface area is 231 Å². The van der Waals surface area contributed by atoms with Crippen molar-refractivity contribution >= 4 is 29.8 Å². The quantitative estimate of drug-likeness (QED) is 0.119. The molecule has 0 radical (unpaired) electrons. The smallest absolute Gasteiger partial charge is 0.248 e. The minimum Gasteiger partial charge on any atom is -0.393 e. The zero-order valence-corrected chi connectivity index (χ0v) is 23.5. The largest absolute Gasteiger partial charge is 0.393 e. The molecule has 0 spiro atoms. The number of carbonyl (C=O) groups excluding carboxylic acids is 4. The van der Waals surface area contributed by atoms with E-state index in [1.54, 1.807) is 12.2 Å². The maximum absolute atomic E-state index is 12.9. The molecule has 0 aliphatic carbocycles. The van der Waals surface area contributed by atoms with Crippen LogP contribution >= 0.6 is 0 Å². The monoisotopic (exact) mass is 550 g/mol. The first-order chi connectivity index (χ1) is 18.4. The van der Waals surface area contributed by atoms with E-state index < -0.39 is 60.1 Å². The van der Waals surface area contributed by atoms with E-state index in [9.17, 15) is 34.5 Å². The first kappa shape index (κ1) is 34.1. The van der Waals surface area contributed by atoms with Crippen LogP contribution in [0.1, 0.15) is 79.1 Å². The van der Waals surface area contributed by atoms with Crippen molar-refractivity contribution < 1.29 is 34.5 Å². The van der Waals surface area contributed by atoms with Crippen molar-refractivity contribution in [2.75, 3.05) is 0 Å². The molecular formula is C28H46N4O7. The van der Waals surface area contributed by atoms with Gasteiger partial charge in [-0.3, -0.25) is 19.2 Å². The summed E-state index contributed by atoms with van der Waals surface area (Å²) >= 11 is 0. The highest BCUT2D eigenvalue weighted by Crippen LogP contribution is 2.10. The summed E-state index contributed by atoms with van der Waals surface area (Å²) in [6, 6.07) is -3.43. The zero-order chi connectivity index (χ0) is 29.4. The fourth-order valence-electron chi connectivity index (χ4n) is 3.88. The van der Waals surface area contributed by atoms with E-state index in [1.807, 2.05) is 6.08 Å². The zero-order valence-electron chi connectivity index (χ0n) is 23.5. The summed E-state index contributed by atoms with van der Waals surface area (Å²) in [5.41, 5.74) is 0. The van der Waals surface area contributed by atoms with Crippen LogP contribution in [-0.2, 0) is 19.2 Å². The van der Waals surface area contributed by atoms with Gasteiger partial charge >= 0.3 is 0 Å². The van der Waals surface area contributed by atoms with Gasteiger partial charge in [0, 0.05) is 25.1 Å². The SMILES string of the molecule is CC(C)CCCCC/C=C/C=C/C(=O)N[C@H](C(=O)N[C@H]1C[C@@H](O)CC=NC(=O)C[C@@H](O)[C@H](C)NC1=O)[C@@H](C)O. The van der Waals surface area contributed by atoms with Crippen LogP contribution in [0.3, 0.4) is 0 Å². The van der Waals surface area contributed by atoms with Gasteiger partial charge in [0.1, 0.15) is 12.1 Å². The van der Waals surface area contributed by atoms with Crippen LogP contribution in [0.5, 0.6) is 0 Å². The van der Waals surface area contributed by atoms with Crippen molar-refractivity contribution in [2.24, 2.45) is 10.9 Å². The Hall–Kier alpha value is -2.89. The maximum atomic E-state index is 12.9. The topological polar surface area (TPSA) is 177 Å². The first-order valence-corrected chi connectivity index (χ1v) is 13.7. The number of hydrogen-bond donors (Lipinski definition) is 6. The Morgan fingerprint density at radius 1 is 1.15 bits per heavy atom. The van der Waals surface area contributed by atoms with E-state index in [0.29, 0.717) is 5.92 Å². The van der Waals surface area contributed by atoms with Crippen molar-refractivity contribution in [3.8, 4) is 0 Å². The average molecular weight is 551 g/mol. The molecule has 0 unspecified atom stereocenters. The van der Waals surface area contributed by atoms with Crippen molar-refractivity contribution in [1.29, 1.82) is 0 Å². The van der Waals surface area contributed by atoms with Crippen LogP contribution in [0.25, 0.3) is 0 Å². The Balaban J connectivity index is 2.75. The van der Waals surface area contributed by atoms with Crippen LogP contribution in [0.4, 0.5) is 0 Å². The molecule has 11 heteroatoms. The number of aliphatic hydroxyl groups excluding tert-OH is 3. The molecule has 11 nitrogen and oxygen atoms in total. The number of aliphatic hydroxyl groups is 3. The van der Waals surface area contributed by atoms with E-state index in [4.69, 9.17) is 0 Å². The van der Waals surface area contributed by atoms with Crippen LogP contribution in [0, 0.1) is 5.92 Å². The van der Waals surface area contributed by atoms with Gasteiger partial charge in [0.25, 0.3) is 0 Å². The third-order valence-corrected chi connectivity index (χ3v) is 6.29. The maximum Gasteiger partial charge on any atom is 0.248 e. The highest BCUT2D eigenvalue weighted by molar-refractivity contribution is 5.95. The number of carbonyl (C=O) groups is 4. The molecular weight excluding hydrogens is 504 g/mol. The van der Waals surface area contributed by atoms with Gasteiger partial charge in [0.05, 0.1) is 30.8 Å². The van der Waals surface area contributed by atoms with Crippen molar-refractivity contribution in [3.05, 3.63) is 24.3 Å². The lowest BCUT2D eigenvalue weighted by atomic mass is 10.0. The van der Waals surface area contributed by atoms with Crippen LogP contribution in [-0.4, -0.2) is 81.6 Å². The summed E-state index contributed by atoms with van der Waals surface area (Å²) in [7, 11) is 0. The van der Waals surface area contributed by atoms with E-state index in [1.165, 1.54) is 39.0 Å².